The highest BCUT2D eigenvalue weighted by Crippen LogP contribution is 2.34. The lowest BCUT2D eigenvalue weighted by Gasteiger charge is -2.29. The Morgan fingerprint density at radius 1 is 1.47 bits per heavy atom. The van der Waals surface area contributed by atoms with E-state index < -0.39 is 42.9 Å². The molecule has 1 unspecified atom stereocenters. The third-order valence-electron chi connectivity index (χ3n) is 2.46. The molecule has 1 amide bonds. The van der Waals surface area contributed by atoms with Crippen LogP contribution in [0.3, 0.4) is 0 Å². The highest BCUT2D eigenvalue weighted by molar-refractivity contribution is 5.82. The Labute approximate surface area is 87.4 Å². The van der Waals surface area contributed by atoms with Gasteiger partial charge in [0.1, 0.15) is 6.67 Å². The van der Waals surface area contributed by atoms with Crippen LogP contribution in [0, 0.1) is 5.41 Å². The zero-order valence-corrected chi connectivity index (χ0v) is 9.19. The van der Waals surface area contributed by atoms with Crippen molar-refractivity contribution < 1.29 is 18.0 Å². The fourth-order valence-corrected chi connectivity index (χ4v) is 1.70. The first kappa shape index (κ1) is 12.3. The molecule has 5 heteroatoms. The number of alkyl halides is 3. The summed E-state index contributed by atoms with van der Waals surface area (Å²) in [5.74, 6) is -3.36. The van der Waals surface area contributed by atoms with Gasteiger partial charge in [-0.2, -0.15) is 0 Å². The van der Waals surface area contributed by atoms with E-state index in [1.54, 1.807) is 20.8 Å². The second-order valence-corrected chi connectivity index (χ2v) is 5.05. The molecule has 0 radical (unpaired) electrons. The van der Waals surface area contributed by atoms with Crippen LogP contribution in [-0.4, -0.2) is 36.0 Å². The van der Waals surface area contributed by atoms with Crippen LogP contribution < -0.4 is 0 Å². The van der Waals surface area contributed by atoms with Gasteiger partial charge < -0.3 is 4.90 Å². The Hall–Kier alpha value is -0.740. The molecule has 0 saturated carbocycles. The molecule has 1 aliphatic heterocycles. The lowest BCUT2D eigenvalue weighted by molar-refractivity contribution is -0.141. The summed E-state index contributed by atoms with van der Waals surface area (Å²) >= 11 is 0. The molecule has 0 aromatic rings. The van der Waals surface area contributed by atoms with E-state index in [0.717, 1.165) is 4.90 Å². The second-order valence-electron chi connectivity index (χ2n) is 5.05. The fraction of sp³-hybridized carbons (Fsp3) is 0.900. The standard InChI is InChI=1S/C10H16F3NO/c1-9(2,3)8(15)14-6-10(12,13)4-7(14)5-11/h7H,4-6H2,1-3H3. The van der Waals surface area contributed by atoms with Crippen LogP contribution in [0.5, 0.6) is 0 Å². The van der Waals surface area contributed by atoms with Gasteiger partial charge in [-0.3, -0.25) is 4.79 Å². The number of carbonyl (C=O) groups is 1. The van der Waals surface area contributed by atoms with Gasteiger partial charge in [-0.1, -0.05) is 20.8 Å². The zero-order valence-electron chi connectivity index (χ0n) is 9.19. The number of halogens is 3. The fourth-order valence-electron chi connectivity index (χ4n) is 1.70. The van der Waals surface area contributed by atoms with Crippen LogP contribution in [0.1, 0.15) is 27.2 Å². The minimum atomic E-state index is -2.95. The molecule has 1 fully saturated rings. The van der Waals surface area contributed by atoms with Crippen LogP contribution in [0.2, 0.25) is 0 Å². The van der Waals surface area contributed by atoms with Crippen LogP contribution in [0.25, 0.3) is 0 Å². The molecule has 0 aromatic heterocycles. The molecule has 1 aliphatic rings. The molecule has 1 rings (SSSR count). The van der Waals surface area contributed by atoms with Crippen molar-refractivity contribution >= 4 is 5.91 Å². The number of hydrogen-bond acceptors (Lipinski definition) is 1. The molecule has 0 N–H and O–H groups in total. The number of nitrogens with zero attached hydrogens (tertiary/aromatic N) is 1. The highest BCUT2D eigenvalue weighted by Gasteiger charge is 2.48. The lowest BCUT2D eigenvalue weighted by Crippen LogP contribution is -2.43. The van der Waals surface area contributed by atoms with Gasteiger partial charge in [0.2, 0.25) is 5.91 Å². The SMILES string of the molecule is CC(C)(C)C(=O)N1CC(F)(F)CC1CF. The summed E-state index contributed by atoms with van der Waals surface area (Å²) in [6.45, 7) is 3.36. The topological polar surface area (TPSA) is 20.3 Å². The van der Waals surface area contributed by atoms with Crippen molar-refractivity contribution in [2.75, 3.05) is 13.2 Å². The van der Waals surface area contributed by atoms with E-state index in [2.05, 4.69) is 0 Å². The molecule has 0 spiro atoms. The first-order valence-electron chi connectivity index (χ1n) is 4.92. The van der Waals surface area contributed by atoms with Crippen LogP contribution in [-0.2, 0) is 4.79 Å². The first-order chi connectivity index (χ1) is 6.67. The molecule has 1 heterocycles. The van der Waals surface area contributed by atoms with E-state index in [9.17, 15) is 18.0 Å². The predicted octanol–water partition coefficient (Wildman–Crippen LogP) is 2.24. The Balaban J connectivity index is 2.82. The molecular formula is C10H16F3NO. The summed E-state index contributed by atoms with van der Waals surface area (Å²) < 4.78 is 38.6. The smallest absolute Gasteiger partial charge is 0.267 e. The Kier molecular flexibility index (Phi) is 3.03. The van der Waals surface area contributed by atoms with E-state index in [0.29, 0.717) is 0 Å². The van der Waals surface area contributed by atoms with E-state index in [1.807, 2.05) is 0 Å². The van der Waals surface area contributed by atoms with Crippen molar-refractivity contribution in [1.29, 1.82) is 0 Å². The summed E-state index contributed by atoms with van der Waals surface area (Å²) in [7, 11) is 0. The Bertz CT molecular complexity index is 260. The highest BCUT2D eigenvalue weighted by atomic mass is 19.3. The molecule has 0 aliphatic carbocycles. The molecule has 1 atom stereocenters. The maximum Gasteiger partial charge on any atom is 0.267 e. The molecule has 0 bridgehead atoms. The average molecular weight is 223 g/mol. The van der Waals surface area contributed by atoms with Crippen molar-refractivity contribution in [3.63, 3.8) is 0 Å². The summed E-state index contributed by atoms with van der Waals surface area (Å²) in [5, 5.41) is 0. The van der Waals surface area contributed by atoms with Gasteiger partial charge in [-0.15, -0.1) is 0 Å². The van der Waals surface area contributed by atoms with E-state index in [-0.39, 0.29) is 0 Å². The normalized spacial score (nSPS) is 25.7. The van der Waals surface area contributed by atoms with Crippen LogP contribution >= 0.6 is 0 Å². The minimum Gasteiger partial charge on any atom is -0.330 e. The van der Waals surface area contributed by atoms with Crippen molar-refractivity contribution in [1.82, 2.24) is 4.90 Å². The van der Waals surface area contributed by atoms with Crippen molar-refractivity contribution in [3.8, 4) is 0 Å². The van der Waals surface area contributed by atoms with E-state index >= 15 is 0 Å². The molecular weight excluding hydrogens is 207 g/mol. The third kappa shape index (κ3) is 2.63. The molecule has 1 saturated heterocycles. The van der Waals surface area contributed by atoms with Gasteiger partial charge in [-0.25, -0.2) is 13.2 Å². The Morgan fingerprint density at radius 2 is 2.00 bits per heavy atom. The number of likely N-dealkylation sites (tertiary alicyclic amines) is 1. The van der Waals surface area contributed by atoms with Crippen molar-refractivity contribution in [2.45, 2.75) is 39.2 Å². The monoisotopic (exact) mass is 223 g/mol. The molecule has 88 valence electrons. The maximum absolute atomic E-state index is 13.0. The summed E-state index contributed by atoms with van der Waals surface area (Å²) in [5.41, 5.74) is -0.742. The van der Waals surface area contributed by atoms with Crippen molar-refractivity contribution in [2.24, 2.45) is 5.41 Å². The third-order valence-corrected chi connectivity index (χ3v) is 2.46. The van der Waals surface area contributed by atoms with Crippen molar-refractivity contribution in [3.05, 3.63) is 0 Å². The molecule has 15 heavy (non-hydrogen) atoms. The quantitative estimate of drug-likeness (QED) is 0.667. The largest absolute Gasteiger partial charge is 0.330 e. The molecule has 0 aromatic carbocycles. The predicted molar refractivity (Wildman–Crippen MR) is 50.5 cm³/mol. The van der Waals surface area contributed by atoms with E-state index in [1.165, 1.54) is 0 Å². The second kappa shape index (κ2) is 3.68. The van der Waals surface area contributed by atoms with E-state index in [4.69, 9.17) is 0 Å². The number of carbonyl (C=O) groups excluding carboxylic acids is 1. The summed E-state index contributed by atoms with van der Waals surface area (Å²) in [6.07, 6.45) is -0.564. The average Bonchev–Trinajstić information content (AvgIpc) is 2.38. The van der Waals surface area contributed by atoms with Gasteiger partial charge in [0.05, 0.1) is 12.6 Å². The van der Waals surface area contributed by atoms with Crippen LogP contribution in [0.15, 0.2) is 0 Å². The van der Waals surface area contributed by atoms with Gasteiger partial charge in [0, 0.05) is 11.8 Å². The van der Waals surface area contributed by atoms with Gasteiger partial charge in [-0.05, 0) is 0 Å². The van der Waals surface area contributed by atoms with Crippen LogP contribution in [0.4, 0.5) is 13.2 Å². The molecule has 2 nitrogen and oxygen atoms in total. The number of rotatable bonds is 1. The van der Waals surface area contributed by atoms with Gasteiger partial charge in [0.25, 0.3) is 5.92 Å². The lowest BCUT2D eigenvalue weighted by atomic mass is 9.94. The number of amides is 1. The number of hydrogen-bond donors (Lipinski definition) is 0. The summed E-state index contributed by atoms with van der Waals surface area (Å²) in [6, 6.07) is -0.966. The van der Waals surface area contributed by atoms with Gasteiger partial charge >= 0.3 is 0 Å². The zero-order chi connectivity index (χ0) is 11.9. The first-order valence-corrected chi connectivity index (χ1v) is 4.92. The maximum atomic E-state index is 13.0. The Morgan fingerprint density at radius 3 is 2.40 bits per heavy atom. The minimum absolute atomic E-state index is 0.415. The summed E-state index contributed by atoms with van der Waals surface area (Å²) in [4.78, 5) is 12.7. The van der Waals surface area contributed by atoms with Gasteiger partial charge in [0.15, 0.2) is 0 Å².